The van der Waals surface area contributed by atoms with Crippen molar-refractivity contribution < 1.29 is 9.53 Å². The van der Waals surface area contributed by atoms with Crippen molar-refractivity contribution in [2.45, 2.75) is 6.42 Å². The number of anilines is 1. The van der Waals surface area contributed by atoms with E-state index in [0.717, 1.165) is 35.1 Å². The molecular weight excluding hydrogens is 326 g/mol. The van der Waals surface area contributed by atoms with E-state index in [1.807, 2.05) is 75.7 Å². The van der Waals surface area contributed by atoms with Crippen molar-refractivity contribution in [2.75, 3.05) is 39.6 Å². The minimum absolute atomic E-state index is 0.346. The second-order valence-corrected chi connectivity index (χ2v) is 6.88. The van der Waals surface area contributed by atoms with Crippen molar-refractivity contribution in [3.05, 3.63) is 59.8 Å². The number of H-pyrrole nitrogens is 1. The zero-order valence-corrected chi connectivity index (χ0v) is 15.7. The van der Waals surface area contributed by atoms with Gasteiger partial charge in [-0.1, -0.05) is 12.1 Å². The molecule has 0 radical (unpaired) electrons. The average Bonchev–Trinajstić information content (AvgIpc) is 3.04. The van der Waals surface area contributed by atoms with E-state index in [2.05, 4.69) is 9.88 Å². The third kappa shape index (κ3) is 3.89. The van der Waals surface area contributed by atoms with Crippen LogP contribution in [0.5, 0.6) is 5.75 Å². The summed E-state index contributed by atoms with van der Waals surface area (Å²) in [4.78, 5) is 20.0. The number of aromatic nitrogens is 1. The molecule has 0 saturated heterocycles. The summed E-state index contributed by atoms with van der Waals surface area (Å²) in [6.45, 7) is 0.931. The lowest BCUT2D eigenvalue weighted by molar-refractivity contribution is 0.0737. The lowest BCUT2D eigenvalue weighted by Crippen LogP contribution is -2.15. The zero-order chi connectivity index (χ0) is 18.7. The van der Waals surface area contributed by atoms with Crippen LogP contribution < -0.4 is 9.64 Å². The summed E-state index contributed by atoms with van der Waals surface area (Å²) in [7, 11) is 7.99. The van der Waals surface area contributed by atoms with Crippen LogP contribution in [0, 0.1) is 0 Å². The first kappa shape index (κ1) is 18.0. The minimum Gasteiger partial charge on any atom is -0.422 e. The number of hydrogen-bond donors (Lipinski definition) is 1. The Morgan fingerprint density at radius 1 is 1.08 bits per heavy atom. The third-order valence-electron chi connectivity index (χ3n) is 4.38. The van der Waals surface area contributed by atoms with E-state index in [0.29, 0.717) is 11.3 Å². The van der Waals surface area contributed by atoms with Crippen LogP contribution in [-0.2, 0) is 6.42 Å². The van der Waals surface area contributed by atoms with Gasteiger partial charge in [0.05, 0.1) is 5.56 Å². The van der Waals surface area contributed by atoms with E-state index < -0.39 is 0 Å². The Labute approximate surface area is 154 Å². The molecule has 1 aromatic heterocycles. The summed E-state index contributed by atoms with van der Waals surface area (Å²) in [5.41, 5.74) is 3.63. The molecule has 0 aliphatic carbocycles. The van der Waals surface area contributed by atoms with Gasteiger partial charge in [0.1, 0.15) is 5.75 Å². The second-order valence-electron chi connectivity index (χ2n) is 6.88. The topological polar surface area (TPSA) is 48.6 Å². The van der Waals surface area contributed by atoms with Crippen LogP contribution in [0.15, 0.2) is 48.7 Å². The second kappa shape index (κ2) is 7.62. The van der Waals surface area contributed by atoms with Gasteiger partial charge in [-0.15, -0.1) is 0 Å². The van der Waals surface area contributed by atoms with Gasteiger partial charge in [-0.05, 0) is 56.4 Å². The molecule has 136 valence electrons. The van der Waals surface area contributed by atoms with Crippen LogP contribution in [0.2, 0.25) is 0 Å². The lowest BCUT2D eigenvalue weighted by atomic mass is 10.1. The monoisotopic (exact) mass is 351 g/mol. The largest absolute Gasteiger partial charge is 0.422 e. The lowest BCUT2D eigenvalue weighted by Gasteiger charge is -2.13. The Balaban J connectivity index is 1.89. The maximum absolute atomic E-state index is 12.7. The van der Waals surface area contributed by atoms with Crippen LogP contribution in [0.1, 0.15) is 15.9 Å². The summed E-state index contributed by atoms with van der Waals surface area (Å²) in [5, 5.41) is 0.978. The number of carbonyl (C=O) groups excluding carboxylic acids is 1. The fourth-order valence-corrected chi connectivity index (χ4v) is 2.92. The molecule has 0 amide bonds. The van der Waals surface area contributed by atoms with Crippen molar-refractivity contribution in [1.29, 1.82) is 0 Å². The van der Waals surface area contributed by atoms with Crippen LogP contribution in [-0.4, -0.2) is 50.6 Å². The molecule has 5 nitrogen and oxygen atoms in total. The van der Waals surface area contributed by atoms with Gasteiger partial charge in [-0.3, -0.25) is 0 Å². The van der Waals surface area contributed by atoms with Crippen molar-refractivity contribution in [2.24, 2.45) is 0 Å². The number of hydrogen-bond acceptors (Lipinski definition) is 4. The smallest absolute Gasteiger partial charge is 0.343 e. The normalized spacial score (nSPS) is 11.1. The number of nitrogens with zero attached hydrogens (tertiary/aromatic N) is 2. The van der Waals surface area contributed by atoms with Gasteiger partial charge in [0.25, 0.3) is 0 Å². The Morgan fingerprint density at radius 2 is 1.85 bits per heavy atom. The molecule has 3 aromatic rings. The molecule has 0 aliphatic heterocycles. The molecule has 26 heavy (non-hydrogen) atoms. The number of carbonyl (C=O) groups is 1. The van der Waals surface area contributed by atoms with Crippen LogP contribution in [0.25, 0.3) is 10.9 Å². The van der Waals surface area contributed by atoms with E-state index in [4.69, 9.17) is 4.74 Å². The molecule has 1 heterocycles. The molecule has 3 rings (SSSR count). The molecule has 0 atom stereocenters. The number of fused-ring (bicyclic) bond motifs is 1. The molecular formula is C21H25N3O2. The number of esters is 1. The Morgan fingerprint density at radius 3 is 2.58 bits per heavy atom. The summed E-state index contributed by atoms with van der Waals surface area (Å²) >= 11 is 0. The molecule has 0 saturated carbocycles. The van der Waals surface area contributed by atoms with Crippen molar-refractivity contribution in [1.82, 2.24) is 9.88 Å². The number of benzene rings is 2. The van der Waals surface area contributed by atoms with E-state index >= 15 is 0 Å². The van der Waals surface area contributed by atoms with Crippen molar-refractivity contribution >= 4 is 22.6 Å². The van der Waals surface area contributed by atoms with Crippen molar-refractivity contribution in [3.8, 4) is 5.75 Å². The average molecular weight is 351 g/mol. The fraction of sp³-hybridized carbons (Fsp3) is 0.286. The van der Waals surface area contributed by atoms with E-state index in [9.17, 15) is 4.79 Å². The van der Waals surface area contributed by atoms with Crippen molar-refractivity contribution in [3.63, 3.8) is 0 Å². The summed E-state index contributed by atoms with van der Waals surface area (Å²) in [6.07, 6.45) is 2.88. The van der Waals surface area contributed by atoms with E-state index in [1.54, 1.807) is 6.07 Å². The number of ether oxygens (including phenoxy) is 1. The fourth-order valence-electron chi connectivity index (χ4n) is 2.92. The molecule has 0 fully saturated rings. The SMILES string of the molecule is CN(C)CCc1c[nH]c2cccc(OC(=O)c3cccc(N(C)C)c3)c12. The van der Waals surface area contributed by atoms with Gasteiger partial charge in [-0.2, -0.15) is 0 Å². The highest BCUT2D eigenvalue weighted by molar-refractivity contribution is 5.96. The first-order chi connectivity index (χ1) is 12.5. The first-order valence-electron chi connectivity index (χ1n) is 8.69. The number of aromatic amines is 1. The molecule has 5 heteroatoms. The Kier molecular flexibility index (Phi) is 5.28. The van der Waals surface area contributed by atoms with Gasteiger partial charge in [-0.25, -0.2) is 4.79 Å². The minimum atomic E-state index is -0.346. The van der Waals surface area contributed by atoms with Gasteiger partial charge in [0.15, 0.2) is 0 Å². The predicted molar refractivity (Wildman–Crippen MR) is 106 cm³/mol. The highest BCUT2D eigenvalue weighted by Gasteiger charge is 2.15. The van der Waals surface area contributed by atoms with Crippen LogP contribution in [0.4, 0.5) is 5.69 Å². The van der Waals surface area contributed by atoms with E-state index in [1.165, 1.54) is 0 Å². The molecule has 0 spiro atoms. The molecule has 1 N–H and O–H groups in total. The molecule has 0 unspecified atom stereocenters. The maximum Gasteiger partial charge on any atom is 0.343 e. The Hall–Kier alpha value is -2.79. The van der Waals surface area contributed by atoms with Gasteiger partial charge < -0.3 is 19.5 Å². The summed E-state index contributed by atoms with van der Waals surface area (Å²) in [5.74, 6) is 0.249. The predicted octanol–water partition coefficient (Wildman–Crippen LogP) is 3.56. The number of nitrogens with one attached hydrogen (secondary N) is 1. The third-order valence-corrected chi connectivity index (χ3v) is 4.38. The van der Waals surface area contributed by atoms with E-state index in [-0.39, 0.29) is 5.97 Å². The first-order valence-corrected chi connectivity index (χ1v) is 8.69. The van der Waals surface area contributed by atoms with Gasteiger partial charge >= 0.3 is 5.97 Å². The maximum atomic E-state index is 12.7. The molecule has 0 aliphatic rings. The number of likely N-dealkylation sites (N-methyl/N-ethyl adjacent to an activating group) is 1. The van der Waals surface area contributed by atoms with Crippen LogP contribution >= 0.6 is 0 Å². The van der Waals surface area contributed by atoms with Crippen LogP contribution in [0.3, 0.4) is 0 Å². The number of rotatable bonds is 6. The van der Waals surface area contributed by atoms with Gasteiger partial charge in [0, 0.05) is 43.4 Å². The molecule has 2 aromatic carbocycles. The highest BCUT2D eigenvalue weighted by atomic mass is 16.5. The highest BCUT2D eigenvalue weighted by Crippen LogP contribution is 2.30. The Bertz CT molecular complexity index is 913. The quantitative estimate of drug-likeness (QED) is 0.545. The summed E-state index contributed by atoms with van der Waals surface area (Å²) < 4.78 is 5.76. The zero-order valence-electron chi connectivity index (χ0n) is 15.7. The molecule has 0 bridgehead atoms. The van der Waals surface area contributed by atoms with Gasteiger partial charge in [0.2, 0.25) is 0 Å². The summed E-state index contributed by atoms with van der Waals surface area (Å²) in [6, 6.07) is 13.2. The standard InChI is InChI=1S/C21H25N3O2/c1-23(2)12-11-16-14-22-18-9-6-10-19(20(16)18)26-21(25)15-7-5-8-17(13-15)24(3)4/h5-10,13-14,22H,11-12H2,1-4H3.